The van der Waals surface area contributed by atoms with E-state index in [-0.39, 0.29) is 11.9 Å². The predicted molar refractivity (Wildman–Crippen MR) is 76.0 cm³/mol. The Morgan fingerprint density at radius 1 is 1.47 bits per heavy atom. The molecule has 0 saturated carbocycles. The summed E-state index contributed by atoms with van der Waals surface area (Å²) in [6.45, 7) is 1.88. The molecule has 0 aliphatic carbocycles. The van der Waals surface area contributed by atoms with Gasteiger partial charge in [-0.3, -0.25) is 9.69 Å². The summed E-state index contributed by atoms with van der Waals surface area (Å²) < 4.78 is 5.78. The van der Waals surface area contributed by atoms with Crippen molar-refractivity contribution >= 4 is 33.5 Å². The summed E-state index contributed by atoms with van der Waals surface area (Å²) in [6, 6.07) is 5.22. The Kier molecular flexibility index (Phi) is 4.24. The van der Waals surface area contributed by atoms with Crippen LogP contribution in [-0.4, -0.2) is 25.0 Å². The fraction of sp³-hybridized carbons (Fsp3) is 0.429. The molecule has 0 fully saturated rings. The highest BCUT2D eigenvalue weighted by Crippen LogP contribution is 2.32. The van der Waals surface area contributed by atoms with Crippen molar-refractivity contribution in [1.29, 1.82) is 0 Å². The number of halogens is 1. The number of hydrogen-bond donors (Lipinski definition) is 0. The average molecular weight is 326 g/mol. The summed E-state index contributed by atoms with van der Waals surface area (Å²) in [7, 11) is 1.35. The van der Waals surface area contributed by atoms with Gasteiger partial charge >= 0.3 is 5.97 Å². The van der Waals surface area contributed by atoms with Gasteiger partial charge in [0.05, 0.1) is 7.11 Å². The molecule has 0 aromatic heterocycles. The van der Waals surface area contributed by atoms with Crippen molar-refractivity contribution in [2.75, 3.05) is 12.0 Å². The number of rotatable bonds is 3. The second kappa shape index (κ2) is 5.74. The minimum atomic E-state index is -0.544. The molecule has 1 atom stereocenters. The van der Waals surface area contributed by atoms with E-state index in [1.165, 1.54) is 7.11 Å². The van der Waals surface area contributed by atoms with Gasteiger partial charge in [0, 0.05) is 16.6 Å². The maximum Gasteiger partial charge on any atom is 0.328 e. The van der Waals surface area contributed by atoms with Gasteiger partial charge in [-0.2, -0.15) is 0 Å². The molecule has 1 aromatic carbocycles. The van der Waals surface area contributed by atoms with Gasteiger partial charge in [-0.25, -0.2) is 4.79 Å². The van der Waals surface area contributed by atoms with E-state index in [1.807, 2.05) is 25.1 Å². The normalized spacial score (nSPS) is 15.9. The molecule has 2 rings (SSSR count). The highest BCUT2D eigenvalue weighted by molar-refractivity contribution is 9.10. The Morgan fingerprint density at radius 3 is 2.84 bits per heavy atom. The zero-order valence-electron chi connectivity index (χ0n) is 11.0. The lowest BCUT2D eigenvalue weighted by atomic mass is 9.98. The first kappa shape index (κ1) is 14.1. The summed E-state index contributed by atoms with van der Waals surface area (Å²) in [5, 5.41) is 0. The van der Waals surface area contributed by atoms with Gasteiger partial charge in [-0.1, -0.05) is 22.9 Å². The first-order chi connectivity index (χ1) is 9.08. The number of esters is 1. The van der Waals surface area contributed by atoms with Gasteiger partial charge in [0.1, 0.15) is 6.04 Å². The van der Waals surface area contributed by atoms with Crippen LogP contribution in [0.15, 0.2) is 22.7 Å². The van der Waals surface area contributed by atoms with Crippen molar-refractivity contribution in [2.24, 2.45) is 0 Å². The maximum atomic E-state index is 12.2. The highest BCUT2D eigenvalue weighted by Gasteiger charge is 2.34. The zero-order chi connectivity index (χ0) is 14.0. The van der Waals surface area contributed by atoms with Crippen molar-refractivity contribution < 1.29 is 14.3 Å². The second-order valence-corrected chi connectivity index (χ2v) is 5.40. The monoisotopic (exact) mass is 325 g/mol. The Labute approximate surface area is 120 Å². The summed E-state index contributed by atoms with van der Waals surface area (Å²) >= 11 is 3.43. The minimum absolute atomic E-state index is 0.0212. The number of carbonyl (C=O) groups excluding carboxylic acids is 2. The fourth-order valence-corrected chi connectivity index (χ4v) is 2.83. The van der Waals surface area contributed by atoms with Crippen LogP contribution >= 0.6 is 15.9 Å². The molecular formula is C14H16BrNO3. The molecule has 0 spiro atoms. The van der Waals surface area contributed by atoms with E-state index in [9.17, 15) is 9.59 Å². The van der Waals surface area contributed by atoms with Crippen LogP contribution in [0, 0.1) is 0 Å². The largest absolute Gasteiger partial charge is 0.467 e. The third-order valence-corrected chi connectivity index (χ3v) is 3.84. The van der Waals surface area contributed by atoms with Crippen molar-refractivity contribution in [3.63, 3.8) is 0 Å². The number of fused-ring (bicyclic) bond motifs is 1. The smallest absolute Gasteiger partial charge is 0.328 e. The van der Waals surface area contributed by atoms with E-state index in [2.05, 4.69) is 15.9 Å². The van der Waals surface area contributed by atoms with E-state index in [0.717, 1.165) is 15.7 Å². The highest BCUT2D eigenvalue weighted by atomic mass is 79.9. The van der Waals surface area contributed by atoms with Crippen LogP contribution in [0.3, 0.4) is 0 Å². The molecule has 1 aliphatic heterocycles. The minimum Gasteiger partial charge on any atom is -0.467 e. The molecule has 102 valence electrons. The number of amides is 1. The number of methoxy groups -OCH3 is 1. The number of anilines is 1. The summed E-state index contributed by atoms with van der Waals surface area (Å²) in [5.74, 6) is -0.390. The lowest BCUT2D eigenvalue weighted by Gasteiger charge is -2.34. The fourth-order valence-electron chi connectivity index (χ4n) is 2.42. The molecule has 0 radical (unpaired) electrons. The summed E-state index contributed by atoms with van der Waals surface area (Å²) in [6.07, 6.45) is 1.67. The Morgan fingerprint density at radius 2 is 2.21 bits per heavy atom. The van der Waals surface area contributed by atoms with Crippen LogP contribution in [0.2, 0.25) is 0 Å². The molecule has 1 unspecified atom stereocenters. The van der Waals surface area contributed by atoms with Crippen LogP contribution in [0.5, 0.6) is 0 Å². The van der Waals surface area contributed by atoms with Crippen LogP contribution in [-0.2, 0) is 20.7 Å². The Balaban J connectivity index is 2.45. The molecule has 1 heterocycles. The van der Waals surface area contributed by atoms with Crippen molar-refractivity contribution in [3.8, 4) is 0 Å². The van der Waals surface area contributed by atoms with Crippen LogP contribution < -0.4 is 4.90 Å². The van der Waals surface area contributed by atoms with Gasteiger partial charge in [0.2, 0.25) is 5.91 Å². The maximum absolute atomic E-state index is 12.2. The zero-order valence-corrected chi connectivity index (χ0v) is 12.6. The number of carbonyl (C=O) groups is 2. The molecule has 0 saturated heterocycles. The van der Waals surface area contributed by atoms with Gasteiger partial charge in [-0.05, 0) is 36.6 Å². The van der Waals surface area contributed by atoms with Gasteiger partial charge < -0.3 is 4.74 Å². The molecule has 1 aliphatic rings. The van der Waals surface area contributed by atoms with Crippen molar-refractivity contribution in [3.05, 3.63) is 28.2 Å². The van der Waals surface area contributed by atoms with E-state index in [1.54, 1.807) is 4.90 Å². The summed E-state index contributed by atoms with van der Waals surface area (Å²) in [5.41, 5.74) is 1.90. The number of aryl methyl sites for hydroxylation is 1. The standard InChI is InChI=1S/C14H16BrNO3/c1-3-11(14(18)19-2)16-12-6-5-10(15)8-9(12)4-7-13(16)17/h5-6,8,11H,3-4,7H2,1-2H3. The lowest BCUT2D eigenvalue weighted by Crippen LogP contribution is -2.47. The van der Waals surface area contributed by atoms with E-state index in [0.29, 0.717) is 19.3 Å². The molecule has 19 heavy (non-hydrogen) atoms. The molecular weight excluding hydrogens is 310 g/mol. The molecule has 1 aromatic rings. The first-order valence-corrected chi connectivity index (χ1v) is 7.06. The van der Waals surface area contributed by atoms with E-state index >= 15 is 0 Å². The quantitative estimate of drug-likeness (QED) is 0.803. The van der Waals surface area contributed by atoms with Crippen LogP contribution in [0.25, 0.3) is 0 Å². The van der Waals surface area contributed by atoms with Crippen molar-refractivity contribution in [2.45, 2.75) is 32.2 Å². The number of nitrogens with zero attached hydrogens (tertiary/aromatic N) is 1. The number of benzene rings is 1. The Bertz CT molecular complexity index is 515. The predicted octanol–water partition coefficient (Wildman–Crippen LogP) is 2.68. The number of ether oxygens (including phenoxy) is 1. The molecule has 5 heteroatoms. The van der Waals surface area contributed by atoms with E-state index in [4.69, 9.17) is 4.74 Å². The average Bonchev–Trinajstić information content (AvgIpc) is 2.41. The molecule has 0 bridgehead atoms. The first-order valence-electron chi connectivity index (χ1n) is 6.26. The Hall–Kier alpha value is -1.36. The van der Waals surface area contributed by atoms with Crippen molar-refractivity contribution in [1.82, 2.24) is 0 Å². The van der Waals surface area contributed by atoms with Crippen LogP contribution in [0.1, 0.15) is 25.3 Å². The number of hydrogen-bond acceptors (Lipinski definition) is 3. The third kappa shape index (κ3) is 2.66. The molecule has 1 amide bonds. The second-order valence-electron chi connectivity index (χ2n) is 4.48. The summed E-state index contributed by atoms with van der Waals surface area (Å²) in [4.78, 5) is 25.6. The SMILES string of the molecule is CCC(C(=O)OC)N1C(=O)CCc2cc(Br)ccc21. The third-order valence-electron chi connectivity index (χ3n) is 3.35. The van der Waals surface area contributed by atoms with E-state index < -0.39 is 6.04 Å². The van der Waals surface area contributed by atoms with Gasteiger partial charge in [-0.15, -0.1) is 0 Å². The van der Waals surface area contributed by atoms with Crippen LogP contribution in [0.4, 0.5) is 5.69 Å². The topological polar surface area (TPSA) is 46.6 Å². The molecule has 0 N–H and O–H groups in total. The van der Waals surface area contributed by atoms with Gasteiger partial charge in [0.25, 0.3) is 0 Å². The van der Waals surface area contributed by atoms with Gasteiger partial charge in [0.15, 0.2) is 0 Å². The molecule has 4 nitrogen and oxygen atoms in total. The lowest BCUT2D eigenvalue weighted by molar-refractivity contribution is -0.143.